The van der Waals surface area contributed by atoms with Crippen molar-refractivity contribution in [1.82, 2.24) is 5.32 Å². The maximum Gasteiger partial charge on any atom is 0.227 e. The highest BCUT2D eigenvalue weighted by Crippen LogP contribution is 2.30. The third kappa shape index (κ3) is 4.83. The van der Waals surface area contributed by atoms with Crippen LogP contribution in [-0.4, -0.2) is 13.0 Å². The van der Waals surface area contributed by atoms with Gasteiger partial charge in [0, 0.05) is 34.2 Å². The zero-order chi connectivity index (χ0) is 17.8. The molecule has 2 aromatic carbocycles. The molecule has 1 aliphatic carbocycles. The van der Waals surface area contributed by atoms with Crippen LogP contribution in [0.4, 0.5) is 5.69 Å². The van der Waals surface area contributed by atoms with E-state index in [9.17, 15) is 4.79 Å². The molecule has 0 heterocycles. The Bertz CT molecular complexity index is 742. The average Bonchev–Trinajstić information content (AvgIpc) is 3.45. The zero-order valence-electron chi connectivity index (χ0n) is 14.5. The number of hydrogen-bond acceptors (Lipinski definition) is 3. The van der Waals surface area contributed by atoms with Gasteiger partial charge in [-0.2, -0.15) is 0 Å². The van der Waals surface area contributed by atoms with Crippen LogP contribution in [-0.2, 0) is 11.3 Å². The lowest BCUT2D eigenvalue weighted by Gasteiger charge is -2.16. The minimum Gasteiger partial charge on any atom is -0.496 e. The number of methoxy groups -OCH3 is 1. The quantitative estimate of drug-likeness (QED) is 0.707. The normalized spacial score (nSPS) is 14.8. The highest BCUT2D eigenvalue weighted by molar-refractivity contribution is 9.10. The van der Waals surface area contributed by atoms with E-state index >= 15 is 0 Å². The molecule has 0 aromatic heterocycles. The van der Waals surface area contributed by atoms with E-state index < -0.39 is 0 Å². The van der Waals surface area contributed by atoms with Crippen LogP contribution in [0.15, 0.2) is 46.9 Å². The van der Waals surface area contributed by atoms with Crippen molar-refractivity contribution in [3.8, 4) is 5.75 Å². The molecule has 2 N–H and O–H groups in total. The molecule has 4 nitrogen and oxygen atoms in total. The van der Waals surface area contributed by atoms with Gasteiger partial charge in [-0.15, -0.1) is 0 Å². The monoisotopic (exact) mass is 402 g/mol. The van der Waals surface area contributed by atoms with Crippen molar-refractivity contribution >= 4 is 27.5 Å². The fourth-order valence-electron chi connectivity index (χ4n) is 2.71. The number of carbonyl (C=O) groups is 1. The van der Waals surface area contributed by atoms with Crippen molar-refractivity contribution in [2.45, 2.75) is 32.4 Å². The number of amides is 1. The van der Waals surface area contributed by atoms with Crippen LogP contribution in [0.3, 0.4) is 0 Å². The van der Waals surface area contributed by atoms with Gasteiger partial charge < -0.3 is 15.4 Å². The van der Waals surface area contributed by atoms with Crippen molar-refractivity contribution in [2.75, 3.05) is 12.4 Å². The summed E-state index contributed by atoms with van der Waals surface area (Å²) < 4.78 is 6.45. The van der Waals surface area contributed by atoms with Crippen LogP contribution in [0.2, 0.25) is 0 Å². The average molecular weight is 403 g/mol. The van der Waals surface area contributed by atoms with Gasteiger partial charge in [0.05, 0.1) is 7.11 Å². The number of rotatable bonds is 7. The maximum atomic E-state index is 11.8. The van der Waals surface area contributed by atoms with Gasteiger partial charge in [-0.3, -0.25) is 4.79 Å². The molecule has 0 saturated heterocycles. The molecule has 1 amide bonds. The van der Waals surface area contributed by atoms with E-state index in [1.165, 1.54) is 5.56 Å². The number of carbonyl (C=O) groups excluding carboxylic acids is 1. The molecule has 1 unspecified atom stereocenters. The number of anilines is 1. The van der Waals surface area contributed by atoms with Gasteiger partial charge in [-0.1, -0.05) is 28.1 Å². The predicted molar refractivity (Wildman–Crippen MR) is 104 cm³/mol. The molecule has 1 saturated carbocycles. The number of halogens is 1. The first-order valence-corrected chi connectivity index (χ1v) is 9.32. The lowest BCUT2D eigenvalue weighted by atomic mass is 10.1. The van der Waals surface area contributed by atoms with Crippen LogP contribution >= 0.6 is 15.9 Å². The second-order valence-electron chi connectivity index (χ2n) is 6.44. The van der Waals surface area contributed by atoms with Gasteiger partial charge in [-0.05, 0) is 55.7 Å². The fourth-order valence-corrected chi connectivity index (χ4v) is 3.12. The molecule has 25 heavy (non-hydrogen) atoms. The van der Waals surface area contributed by atoms with Gasteiger partial charge in [0.2, 0.25) is 5.91 Å². The molecule has 2 aromatic rings. The number of benzene rings is 2. The number of hydrogen-bond donors (Lipinski definition) is 2. The summed E-state index contributed by atoms with van der Waals surface area (Å²) in [5.74, 6) is 1.24. The van der Waals surface area contributed by atoms with Gasteiger partial charge in [0.25, 0.3) is 0 Å². The van der Waals surface area contributed by atoms with Crippen molar-refractivity contribution in [3.05, 3.63) is 58.1 Å². The molecule has 3 rings (SSSR count). The molecule has 0 radical (unpaired) electrons. The Balaban J connectivity index is 1.58. The molecule has 5 heteroatoms. The van der Waals surface area contributed by atoms with Gasteiger partial charge in [-0.25, -0.2) is 0 Å². The van der Waals surface area contributed by atoms with Crippen LogP contribution < -0.4 is 15.4 Å². The van der Waals surface area contributed by atoms with E-state index in [2.05, 4.69) is 51.7 Å². The maximum absolute atomic E-state index is 11.8. The van der Waals surface area contributed by atoms with Crippen LogP contribution in [0.1, 0.15) is 36.9 Å². The molecular weight excluding hydrogens is 380 g/mol. The van der Waals surface area contributed by atoms with Crippen molar-refractivity contribution in [3.63, 3.8) is 0 Å². The molecule has 132 valence electrons. The Labute approximate surface area is 157 Å². The number of ether oxygens (including phenoxy) is 1. The van der Waals surface area contributed by atoms with Crippen molar-refractivity contribution < 1.29 is 9.53 Å². The topological polar surface area (TPSA) is 50.4 Å². The fraction of sp³-hybridized carbons (Fsp3) is 0.350. The third-order valence-corrected chi connectivity index (χ3v) is 4.96. The van der Waals surface area contributed by atoms with Gasteiger partial charge in [0.15, 0.2) is 0 Å². The van der Waals surface area contributed by atoms with Crippen LogP contribution in [0, 0.1) is 5.92 Å². The Morgan fingerprint density at radius 2 is 1.96 bits per heavy atom. The van der Waals surface area contributed by atoms with E-state index in [0.717, 1.165) is 34.3 Å². The van der Waals surface area contributed by atoms with E-state index in [1.807, 2.05) is 24.3 Å². The molecule has 0 spiro atoms. The minimum atomic E-state index is 0.140. The van der Waals surface area contributed by atoms with E-state index in [0.29, 0.717) is 6.54 Å². The minimum absolute atomic E-state index is 0.140. The molecular formula is C20H23BrN2O2. The summed E-state index contributed by atoms with van der Waals surface area (Å²) in [5, 5.41) is 6.49. The zero-order valence-corrected chi connectivity index (χ0v) is 16.1. The van der Waals surface area contributed by atoms with E-state index in [-0.39, 0.29) is 17.9 Å². The standard InChI is InChI=1S/C20H23BrN2O2/c1-13(22-12-16-11-17(21)7-10-19(16)25-2)14-5-8-18(9-6-14)23-20(24)15-3-4-15/h5-11,13,15,22H,3-4,12H2,1-2H3,(H,23,24). The summed E-state index contributed by atoms with van der Waals surface area (Å²) in [4.78, 5) is 11.8. The van der Waals surface area contributed by atoms with Gasteiger partial charge in [0.1, 0.15) is 5.75 Å². The first kappa shape index (κ1) is 18.0. The largest absolute Gasteiger partial charge is 0.496 e. The number of nitrogens with one attached hydrogen (secondary N) is 2. The molecule has 0 aliphatic heterocycles. The lowest BCUT2D eigenvalue weighted by Crippen LogP contribution is -2.18. The Kier molecular flexibility index (Phi) is 5.76. The second kappa shape index (κ2) is 8.02. The third-order valence-electron chi connectivity index (χ3n) is 4.47. The highest BCUT2D eigenvalue weighted by atomic mass is 79.9. The first-order valence-electron chi connectivity index (χ1n) is 8.53. The van der Waals surface area contributed by atoms with Crippen LogP contribution in [0.25, 0.3) is 0 Å². The summed E-state index contributed by atoms with van der Waals surface area (Å²) in [6, 6.07) is 14.2. The van der Waals surface area contributed by atoms with Crippen molar-refractivity contribution in [1.29, 1.82) is 0 Å². The summed E-state index contributed by atoms with van der Waals surface area (Å²) in [7, 11) is 1.69. The summed E-state index contributed by atoms with van der Waals surface area (Å²) >= 11 is 3.50. The van der Waals surface area contributed by atoms with E-state index in [1.54, 1.807) is 7.11 Å². The van der Waals surface area contributed by atoms with Crippen molar-refractivity contribution in [2.24, 2.45) is 5.92 Å². The lowest BCUT2D eigenvalue weighted by molar-refractivity contribution is -0.117. The predicted octanol–water partition coefficient (Wildman–Crippen LogP) is 4.66. The highest BCUT2D eigenvalue weighted by Gasteiger charge is 2.29. The smallest absolute Gasteiger partial charge is 0.227 e. The van der Waals surface area contributed by atoms with Crippen LogP contribution in [0.5, 0.6) is 5.75 Å². The SMILES string of the molecule is COc1ccc(Br)cc1CNC(C)c1ccc(NC(=O)C2CC2)cc1. The Hall–Kier alpha value is -1.85. The Morgan fingerprint density at radius 3 is 2.60 bits per heavy atom. The Morgan fingerprint density at radius 1 is 1.24 bits per heavy atom. The molecule has 1 fully saturated rings. The molecule has 1 atom stereocenters. The second-order valence-corrected chi connectivity index (χ2v) is 7.36. The summed E-state index contributed by atoms with van der Waals surface area (Å²) in [6.07, 6.45) is 2.04. The summed E-state index contributed by atoms with van der Waals surface area (Å²) in [5.41, 5.74) is 3.15. The first-order chi connectivity index (χ1) is 12.1. The van der Waals surface area contributed by atoms with E-state index in [4.69, 9.17) is 4.74 Å². The molecule has 1 aliphatic rings. The summed E-state index contributed by atoms with van der Waals surface area (Å²) in [6.45, 7) is 2.84. The van der Waals surface area contributed by atoms with Gasteiger partial charge >= 0.3 is 0 Å². The molecule has 0 bridgehead atoms.